The molecule has 0 aromatic heterocycles. The number of hydrogen-bond donors (Lipinski definition) is 1. The summed E-state index contributed by atoms with van der Waals surface area (Å²) in [6, 6.07) is -0.553. The molecular weight excluding hydrogens is 210 g/mol. The van der Waals surface area contributed by atoms with E-state index in [4.69, 9.17) is 9.47 Å². The van der Waals surface area contributed by atoms with E-state index in [1.54, 1.807) is 0 Å². The first-order valence-corrected chi connectivity index (χ1v) is 6.02. The van der Waals surface area contributed by atoms with Crippen LogP contribution in [0.25, 0.3) is 0 Å². The molecule has 1 radical (unpaired) electrons. The summed E-state index contributed by atoms with van der Waals surface area (Å²) in [6.45, 7) is 4.07. The first-order chi connectivity index (χ1) is 7.58. The topological polar surface area (TPSA) is 38.7 Å². The molecule has 1 saturated carbocycles. The van der Waals surface area contributed by atoms with Crippen molar-refractivity contribution in [3.63, 3.8) is 0 Å². The Morgan fingerprint density at radius 1 is 1.50 bits per heavy atom. The molecule has 1 N–H and O–H groups in total. The molecule has 1 heterocycles. The van der Waals surface area contributed by atoms with Gasteiger partial charge < -0.3 is 14.6 Å². The summed E-state index contributed by atoms with van der Waals surface area (Å²) >= 11 is 0. The van der Waals surface area contributed by atoms with Crippen molar-refractivity contribution in [3.05, 3.63) is 0 Å². The lowest BCUT2D eigenvalue weighted by Crippen LogP contribution is -2.33. The summed E-state index contributed by atoms with van der Waals surface area (Å²) < 4.78 is 24.5. The van der Waals surface area contributed by atoms with E-state index in [1.807, 2.05) is 21.1 Å². The number of halogens is 1. The van der Waals surface area contributed by atoms with Crippen molar-refractivity contribution in [3.8, 4) is 0 Å². The second-order valence-corrected chi connectivity index (χ2v) is 4.99. The highest BCUT2D eigenvalue weighted by atomic mass is 19.1. The van der Waals surface area contributed by atoms with E-state index >= 15 is 0 Å². The monoisotopic (exact) mass is 229 g/mol. The molecule has 2 aliphatic rings. The maximum atomic E-state index is 13.7. The Labute approximate surface area is 96.6 Å². The number of alkyl halides is 1. The number of aliphatic hydroxyl groups is 1. The molecule has 16 heavy (non-hydrogen) atoms. The molecule has 3 nitrogen and oxygen atoms in total. The van der Waals surface area contributed by atoms with Crippen LogP contribution in [-0.2, 0) is 9.47 Å². The minimum absolute atomic E-state index is 0.0697. The SMILES string of the molecule is CC(C)OCC1OC([B]C2CC2)C(F)C1O. The van der Waals surface area contributed by atoms with Crippen LogP contribution in [0.2, 0.25) is 5.82 Å². The van der Waals surface area contributed by atoms with Gasteiger partial charge in [-0.15, -0.1) is 0 Å². The van der Waals surface area contributed by atoms with Gasteiger partial charge in [-0.25, -0.2) is 4.39 Å². The molecule has 0 amide bonds. The zero-order valence-corrected chi connectivity index (χ0v) is 9.80. The minimum Gasteiger partial charge on any atom is -0.387 e. The van der Waals surface area contributed by atoms with Crippen molar-refractivity contribution < 1.29 is 19.0 Å². The van der Waals surface area contributed by atoms with Crippen LogP contribution in [-0.4, -0.2) is 49.5 Å². The lowest BCUT2D eigenvalue weighted by molar-refractivity contribution is -0.0480. The Balaban J connectivity index is 1.80. The van der Waals surface area contributed by atoms with Gasteiger partial charge in [0.05, 0.1) is 18.7 Å². The molecule has 91 valence electrons. The quantitative estimate of drug-likeness (QED) is 0.718. The number of hydrogen-bond acceptors (Lipinski definition) is 3. The predicted molar refractivity (Wildman–Crippen MR) is 59.4 cm³/mol. The fourth-order valence-corrected chi connectivity index (χ4v) is 1.89. The van der Waals surface area contributed by atoms with Crippen LogP contribution < -0.4 is 0 Å². The summed E-state index contributed by atoms with van der Waals surface area (Å²) in [7, 11) is 1.89. The van der Waals surface area contributed by atoms with Crippen LogP contribution in [0.1, 0.15) is 26.7 Å². The van der Waals surface area contributed by atoms with E-state index in [9.17, 15) is 9.50 Å². The third kappa shape index (κ3) is 2.96. The maximum Gasteiger partial charge on any atom is 0.157 e. The van der Waals surface area contributed by atoms with E-state index in [0.29, 0.717) is 5.82 Å². The third-order valence-corrected chi connectivity index (χ3v) is 3.03. The van der Waals surface area contributed by atoms with Crippen molar-refractivity contribution in [1.82, 2.24) is 0 Å². The predicted octanol–water partition coefficient (Wildman–Crippen LogP) is 1.12. The molecule has 1 aliphatic carbocycles. The van der Waals surface area contributed by atoms with Crippen molar-refractivity contribution in [2.45, 2.75) is 63.0 Å². The summed E-state index contributed by atoms with van der Waals surface area (Å²) in [5.74, 6) is 0.486. The van der Waals surface area contributed by atoms with Gasteiger partial charge in [0.15, 0.2) is 7.28 Å². The van der Waals surface area contributed by atoms with Crippen molar-refractivity contribution in [1.29, 1.82) is 0 Å². The molecule has 1 aliphatic heterocycles. The molecular formula is C11H19BFO3. The van der Waals surface area contributed by atoms with Crippen LogP contribution in [0, 0.1) is 0 Å². The van der Waals surface area contributed by atoms with Gasteiger partial charge in [0, 0.05) is 0 Å². The smallest absolute Gasteiger partial charge is 0.157 e. The normalized spacial score (nSPS) is 39.3. The van der Waals surface area contributed by atoms with Gasteiger partial charge >= 0.3 is 0 Å². The molecule has 0 spiro atoms. The Kier molecular flexibility index (Phi) is 3.87. The molecule has 1 saturated heterocycles. The lowest BCUT2D eigenvalue weighted by atomic mass is 9.64. The lowest BCUT2D eigenvalue weighted by Gasteiger charge is -2.16. The van der Waals surface area contributed by atoms with Gasteiger partial charge in [0.1, 0.15) is 18.4 Å². The van der Waals surface area contributed by atoms with Crippen molar-refractivity contribution in [2.24, 2.45) is 0 Å². The van der Waals surface area contributed by atoms with Crippen LogP contribution in [0.15, 0.2) is 0 Å². The van der Waals surface area contributed by atoms with Gasteiger partial charge in [0.2, 0.25) is 0 Å². The fourth-order valence-electron chi connectivity index (χ4n) is 1.89. The Bertz CT molecular complexity index is 235. The van der Waals surface area contributed by atoms with Crippen molar-refractivity contribution >= 4 is 7.28 Å². The van der Waals surface area contributed by atoms with Gasteiger partial charge in [-0.1, -0.05) is 18.7 Å². The van der Waals surface area contributed by atoms with E-state index in [-0.39, 0.29) is 12.7 Å². The molecule has 2 rings (SSSR count). The van der Waals surface area contributed by atoms with Crippen LogP contribution in [0.5, 0.6) is 0 Å². The average molecular weight is 229 g/mol. The van der Waals surface area contributed by atoms with E-state index in [1.165, 1.54) is 0 Å². The first kappa shape index (κ1) is 12.3. The standard InChI is InChI=1S/C11H19BFO3/c1-6(2)15-5-8-10(14)9(13)11(16-8)12-7-3-4-7/h6-11,14H,3-5H2,1-2H3. The molecule has 5 heteroatoms. The summed E-state index contributed by atoms with van der Waals surface area (Å²) in [6.07, 6.45) is -0.580. The molecule has 0 aromatic rings. The largest absolute Gasteiger partial charge is 0.387 e. The Hall–Kier alpha value is -0.125. The van der Waals surface area contributed by atoms with E-state index < -0.39 is 24.4 Å². The maximum absolute atomic E-state index is 13.7. The summed E-state index contributed by atoms with van der Waals surface area (Å²) in [5, 5.41) is 9.67. The average Bonchev–Trinajstić information content (AvgIpc) is 2.99. The summed E-state index contributed by atoms with van der Waals surface area (Å²) in [4.78, 5) is 0. The van der Waals surface area contributed by atoms with Crippen LogP contribution >= 0.6 is 0 Å². The van der Waals surface area contributed by atoms with Crippen molar-refractivity contribution in [2.75, 3.05) is 6.61 Å². The fraction of sp³-hybridized carbons (Fsp3) is 1.00. The number of ether oxygens (including phenoxy) is 2. The second kappa shape index (κ2) is 5.02. The summed E-state index contributed by atoms with van der Waals surface area (Å²) in [5.41, 5.74) is 0. The highest BCUT2D eigenvalue weighted by Gasteiger charge is 2.46. The Morgan fingerprint density at radius 3 is 2.75 bits per heavy atom. The van der Waals surface area contributed by atoms with Crippen LogP contribution in [0.3, 0.4) is 0 Å². The van der Waals surface area contributed by atoms with Gasteiger partial charge in [-0.2, -0.15) is 0 Å². The molecule has 0 bridgehead atoms. The zero-order chi connectivity index (χ0) is 11.7. The first-order valence-electron chi connectivity index (χ1n) is 6.02. The molecule has 2 fully saturated rings. The van der Waals surface area contributed by atoms with Gasteiger partial charge in [-0.3, -0.25) is 0 Å². The van der Waals surface area contributed by atoms with E-state index in [0.717, 1.165) is 12.8 Å². The molecule has 4 atom stereocenters. The third-order valence-electron chi connectivity index (χ3n) is 3.03. The molecule has 0 aromatic carbocycles. The number of aliphatic hydroxyl groups excluding tert-OH is 1. The van der Waals surface area contributed by atoms with E-state index in [2.05, 4.69) is 0 Å². The Morgan fingerprint density at radius 2 is 2.19 bits per heavy atom. The molecule has 4 unspecified atom stereocenters. The minimum atomic E-state index is -1.30. The highest BCUT2D eigenvalue weighted by Crippen LogP contribution is 2.38. The highest BCUT2D eigenvalue weighted by molar-refractivity contribution is 6.40. The van der Waals surface area contributed by atoms with Gasteiger partial charge in [0.25, 0.3) is 0 Å². The van der Waals surface area contributed by atoms with Gasteiger partial charge in [-0.05, 0) is 13.8 Å². The van der Waals surface area contributed by atoms with Crippen LogP contribution in [0.4, 0.5) is 4.39 Å². The second-order valence-electron chi connectivity index (χ2n) is 4.99. The number of rotatable bonds is 5. The zero-order valence-electron chi connectivity index (χ0n) is 9.80.